The van der Waals surface area contributed by atoms with Crippen LogP contribution >= 0.6 is 11.6 Å². The SMILES string of the molecule is C=O.C=O.CNC1CCN(CCC(C)(C(=O)NCc2cc(C(F)(F)F)ccc2F)c2ccc(Cl)c(C)c2)CC1. The van der Waals surface area contributed by atoms with Crippen LogP contribution in [0.15, 0.2) is 36.4 Å². The predicted octanol–water partition coefficient (Wildman–Crippen LogP) is 5.08. The Hall–Kier alpha value is -2.82. The Labute approximate surface area is 232 Å². The van der Waals surface area contributed by atoms with Crippen LogP contribution in [0.2, 0.25) is 5.02 Å². The molecular weight excluding hydrogens is 538 g/mol. The first-order valence-electron chi connectivity index (χ1n) is 12.3. The number of likely N-dealkylation sites (tertiary alicyclic amines) is 1. The highest BCUT2D eigenvalue weighted by Crippen LogP contribution is 2.33. The molecule has 1 aliphatic heterocycles. The molecule has 2 aromatic rings. The van der Waals surface area contributed by atoms with E-state index in [1.807, 2.05) is 40.5 Å². The van der Waals surface area contributed by atoms with Crippen molar-refractivity contribution >= 4 is 31.1 Å². The van der Waals surface area contributed by atoms with Gasteiger partial charge in [-0.2, -0.15) is 13.2 Å². The molecular formula is C28H36ClF4N3O3. The lowest BCUT2D eigenvalue weighted by molar-refractivity contribution is -0.137. The molecule has 2 aromatic carbocycles. The summed E-state index contributed by atoms with van der Waals surface area (Å²) in [5, 5.41) is 6.57. The number of alkyl halides is 3. The number of amides is 1. The number of hydrogen-bond acceptors (Lipinski definition) is 5. The maximum Gasteiger partial charge on any atom is 0.416 e. The fourth-order valence-electron chi connectivity index (χ4n) is 4.46. The molecule has 0 bridgehead atoms. The molecule has 216 valence electrons. The van der Waals surface area contributed by atoms with Crippen LogP contribution in [-0.2, 0) is 32.5 Å². The molecule has 1 atom stereocenters. The average molecular weight is 574 g/mol. The third-order valence-corrected chi connectivity index (χ3v) is 7.46. The minimum absolute atomic E-state index is 0.211. The Kier molecular flexibility index (Phi) is 13.8. The van der Waals surface area contributed by atoms with E-state index >= 15 is 0 Å². The van der Waals surface area contributed by atoms with E-state index in [1.165, 1.54) is 0 Å². The maximum absolute atomic E-state index is 14.2. The van der Waals surface area contributed by atoms with E-state index in [-0.39, 0.29) is 18.0 Å². The molecule has 1 amide bonds. The summed E-state index contributed by atoms with van der Waals surface area (Å²) in [5.74, 6) is -1.17. The Morgan fingerprint density at radius 3 is 2.18 bits per heavy atom. The number of benzene rings is 2. The zero-order valence-corrected chi connectivity index (χ0v) is 23.2. The normalized spacial score (nSPS) is 15.7. The van der Waals surface area contributed by atoms with Crippen molar-refractivity contribution in [2.24, 2.45) is 0 Å². The highest BCUT2D eigenvalue weighted by atomic mass is 35.5. The average Bonchev–Trinajstić information content (AvgIpc) is 2.94. The van der Waals surface area contributed by atoms with E-state index in [1.54, 1.807) is 12.1 Å². The van der Waals surface area contributed by atoms with Crippen LogP contribution < -0.4 is 10.6 Å². The van der Waals surface area contributed by atoms with Gasteiger partial charge in [-0.3, -0.25) is 4.79 Å². The van der Waals surface area contributed by atoms with Gasteiger partial charge in [0.25, 0.3) is 0 Å². The number of aryl methyl sites for hydroxylation is 1. The molecule has 39 heavy (non-hydrogen) atoms. The van der Waals surface area contributed by atoms with Crippen molar-refractivity contribution in [1.29, 1.82) is 0 Å². The molecule has 0 radical (unpaired) electrons. The number of halogens is 5. The monoisotopic (exact) mass is 573 g/mol. The second kappa shape index (κ2) is 15.7. The second-order valence-electron chi connectivity index (χ2n) is 9.44. The number of carbonyl (C=O) groups is 3. The minimum atomic E-state index is -4.59. The van der Waals surface area contributed by atoms with Crippen molar-refractivity contribution in [2.75, 3.05) is 26.7 Å². The molecule has 2 N–H and O–H groups in total. The summed E-state index contributed by atoms with van der Waals surface area (Å²) < 4.78 is 53.5. The van der Waals surface area contributed by atoms with Crippen molar-refractivity contribution in [1.82, 2.24) is 15.5 Å². The predicted molar refractivity (Wildman–Crippen MR) is 144 cm³/mol. The number of rotatable bonds is 8. The molecule has 1 fully saturated rings. The summed E-state index contributed by atoms with van der Waals surface area (Å²) in [4.78, 5) is 31.8. The van der Waals surface area contributed by atoms with Gasteiger partial charge in [0.2, 0.25) is 5.91 Å². The highest BCUT2D eigenvalue weighted by Gasteiger charge is 2.36. The molecule has 11 heteroatoms. The van der Waals surface area contributed by atoms with E-state index in [9.17, 15) is 22.4 Å². The van der Waals surface area contributed by atoms with Crippen molar-refractivity contribution in [3.63, 3.8) is 0 Å². The number of hydrogen-bond donors (Lipinski definition) is 2. The van der Waals surface area contributed by atoms with Gasteiger partial charge in [0.05, 0.1) is 11.0 Å². The molecule has 6 nitrogen and oxygen atoms in total. The molecule has 0 saturated carbocycles. The zero-order valence-electron chi connectivity index (χ0n) is 22.5. The van der Waals surface area contributed by atoms with Gasteiger partial charge < -0.3 is 25.1 Å². The van der Waals surface area contributed by atoms with Gasteiger partial charge in [0, 0.05) is 23.2 Å². The van der Waals surface area contributed by atoms with E-state index in [4.69, 9.17) is 21.2 Å². The van der Waals surface area contributed by atoms with Crippen molar-refractivity contribution < 1.29 is 31.9 Å². The van der Waals surface area contributed by atoms with Gasteiger partial charge in [-0.15, -0.1) is 0 Å². The van der Waals surface area contributed by atoms with Gasteiger partial charge >= 0.3 is 6.18 Å². The van der Waals surface area contributed by atoms with Crippen LogP contribution in [0.3, 0.4) is 0 Å². The van der Waals surface area contributed by atoms with Crippen LogP contribution in [0.25, 0.3) is 0 Å². The van der Waals surface area contributed by atoms with Crippen LogP contribution in [0.4, 0.5) is 17.6 Å². The third kappa shape index (κ3) is 9.40. The van der Waals surface area contributed by atoms with Crippen LogP contribution in [-0.4, -0.2) is 57.1 Å². The van der Waals surface area contributed by atoms with E-state index in [0.29, 0.717) is 30.1 Å². The number of nitrogens with zero attached hydrogens (tertiary/aromatic N) is 1. The van der Waals surface area contributed by atoms with E-state index in [2.05, 4.69) is 15.5 Å². The fourth-order valence-corrected chi connectivity index (χ4v) is 4.58. The quantitative estimate of drug-likeness (QED) is 0.431. The van der Waals surface area contributed by atoms with Gasteiger partial charge in [0.1, 0.15) is 19.4 Å². The Bertz CT molecular complexity index is 1080. The van der Waals surface area contributed by atoms with Gasteiger partial charge in [-0.1, -0.05) is 23.7 Å². The summed E-state index contributed by atoms with van der Waals surface area (Å²) in [6.07, 6.45) is -2.06. The standard InChI is InChI=1S/C26H32ClF4N3O.2CH2O/c1-17-14-19(4-6-22(17)27)25(2,10-13-34-11-8-21(32-3)9-12-34)24(35)33-16-18-15-20(26(29,30)31)5-7-23(18)28;2*1-2/h4-7,14-15,21,32H,8-13,16H2,1-3H3,(H,33,35);2*1H2. The number of nitrogens with one attached hydrogen (secondary N) is 2. The summed E-state index contributed by atoms with van der Waals surface area (Å²) in [6, 6.07) is 8.10. The molecule has 1 heterocycles. The largest absolute Gasteiger partial charge is 0.416 e. The molecule has 1 aliphatic rings. The van der Waals surface area contributed by atoms with Crippen LogP contribution in [0, 0.1) is 12.7 Å². The lowest BCUT2D eigenvalue weighted by Crippen LogP contribution is -2.46. The van der Waals surface area contributed by atoms with Gasteiger partial charge in [-0.05, 0) is 95.2 Å². The molecule has 0 aliphatic carbocycles. The molecule has 0 spiro atoms. The molecule has 1 saturated heterocycles. The highest BCUT2D eigenvalue weighted by molar-refractivity contribution is 6.31. The summed E-state index contributed by atoms with van der Waals surface area (Å²) in [6.45, 7) is 9.83. The third-order valence-electron chi connectivity index (χ3n) is 7.03. The molecule has 3 rings (SSSR count). The van der Waals surface area contributed by atoms with Crippen LogP contribution in [0.5, 0.6) is 0 Å². The Morgan fingerprint density at radius 1 is 1.05 bits per heavy atom. The van der Waals surface area contributed by atoms with Gasteiger partial charge in [0.15, 0.2) is 0 Å². The first-order valence-corrected chi connectivity index (χ1v) is 12.7. The topological polar surface area (TPSA) is 78.5 Å². The second-order valence-corrected chi connectivity index (χ2v) is 9.84. The first-order chi connectivity index (χ1) is 18.4. The maximum atomic E-state index is 14.2. The van der Waals surface area contributed by atoms with Crippen molar-refractivity contribution in [2.45, 2.75) is 57.3 Å². The number of piperidine rings is 1. The fraction of sp³-hybridized carbons (Fsp3) is 0.464. The van der Waals surface area contributed by atoms with Crippen LogP contribution in [0.1, 0.15) is 48.4 Å². The van der Waals surface area contributed by atoms with Crippen molar-refractivity contribution in [3.8, 4) is 0 Å². The summed E-state index contributed by atoms with van der Waals surface area (Å²) >= 11 is 6.20. The lowest BCUT2D eigenvalue weighted by atomic mass is 9.77. The Morgan fingerprint density at radius 2 is 1.64 bits per heavy atom. The van der Waals surface area contributed by atoms with Crippen molar-refractivity contribution in [3.05, 3.63) is 69.5 Å². The van der Waals surface area contributed by atoms with E-state index in [0.717, 1.165) is 49.2 Å². The lowest BCUT2D eigenvalue weighted by Gasteiger charge is -2.35. The Balaban J connectivity index is 0.00000181. The number of carbonyl (C=O) groups excluding carboxylic acids is 3. The summed E-state index contributed by atoms with van der Waals surface area (Å²) in [5.41, 5.74) is -0.567. The minimum Gasteiger partial charge on any atom is -0.351 e. The zero-order chi connectivity index (χ0) is 29.8. The van der Waals surface area contributed by atoms with Gasteiger partial charge in [-0.25, -0.2) is 4.39 Å². The van der Waals surface area contributed by atoms with E-state index < -0.39 is 23.0 Å². The molecule has 1 unspecified atom stereocenters. The first kappa shape index (κ1) is 34.2. The summed E-state index contributed by atoms with van der Waals surface area (Å²) in [7, 11) is 1.96. The molecule has 0 aromatic heterocycles. The smallest absolute Gasteiger partial charge is 0.351 e.